The molecule has 0 amide bonds. The van der Waals surface area contributed by atoms with Gasteiger partial charge >= 0.3 is 1090 Å². The molecule has 0 spiro atoms. The van der Waals surface area contributed by atoms with Gasteiger partial charge in [-0.25, -0.2) is 14.8 Å². The molecule has 0 unspecified atom stereocenters. The summed E-state index contributed by atoms with van der Waals surface area (Å²) in [4.78, 5) is 31.2. The van der Waals surface area contributed by atoms with Gasteiger partial charge in [0.2, 0.25) is 11.8 Å². The second kappa shape index (κ2) is 148. The number of aromatic nitrogens is 3. The third-order valence-corrected chi connectivity index (χ3v) is 5.08. The molecule has 4 aromatic rings. The van der Waals surface area contributed by atoms with Crippen molar-refractivity contribution in [3.05, 3.63) is 75.9 Å². The van der Waals surface area contributed by atoms with E-state index in [2.05, 4.69) is 15.3 Å². The van der Waals surface area contributed by atoms with Crippen LogP contribution in [0.15, 0.2) is 48.8 Å². The number of aryl methyl sites for hydroxylation is 2. The molecule has 0 fully saturated rings. The Labute approximate surface area is 1170 Å². The molecule has 0 aliphatic rings. The fraction of sp³-hybridized carbons (Fsp3) is 0.136. The van der Waals surface area contributed by atoms with Crippen LogP contribution in [0, 0.1) is 22.9 Å². The number of esters is 1. The van der Waals surface area contributed by atoms with Crippen molar-refractivity contribution >= 4 is 1110 Å². The van der Waals surface area contributed by atoms with E-state index < -0.39 is 22.4 Å². The first-order chi connectivity index (χ1) is 32.3. The maximum atomic E-state index is 13.8. The molecule has 2 aromatic heterocycles. The van der Waals surface area contributed by atoms with Crippen LogP contribution in [-0.4, -0.2) is 1110 Å². The van der Waals surface area contributed by atoms with Crippen LogP contribution in [0.1, 0.15) is 15.9 Å². The molecule has 0 atom stereocenters. The van der Waals surface area contributed by atoms with Gasteiger partial charge in [0.25, 0.3) is 0 Å². The fourth-order valence-corrected chi connectivity index (χ4v) is 3.57. The number of anilines is 2. The number of carbonyl (C=O) groups is 1. The first-order valence-electron chi connectivity index (χ1n) is 26.5. The van der Waals surface area contributed by atoms with E-state index in [1.165, 1.54) is 1080 Å². The molecule has 0 saturated carbocycles. The number of nitrogens with one attached hydrogen (secondary N) is 1. The number of nitro groups is 1. The number of rotatable bonds is 5. The average Bonchev–Trinajstić information content (AvgIpc) is 3.80. The quantitative estimate of drug-likeness (QED) is 0.0917. The zero-order valence-corrected chi connectivity index (χ0v) is 158. The summed E-state index contributed by atoms with van der Waals surface area (Å²) in [6.07, 6.45) is 3.39. The van der Waals surface area contributed by atoms with E-state index in [1.54, 1.807) is 31.3 Å². The van der Waals surface area contributed by atoms with Crippen LogP contribution in [0.5, 0.6) is 0 Å². The van der Waals surface area contributed by atoms with Crippen molar-refractivity contribution in [1.82, 2.24) is 14.5 Å². The normalized spacial score (nSPS) is 7.33. The molecule has 1 N–H and O–H groups in total. The van der Waals surface area contributed by atoms with Gasteiger partial charge in [-0.15, -0.1) is 0 Å². The predicted octanol–water partition coefficient (Wildman–Crippen LogP) is -8.43. The van der Waals surface area contributed by atoms with Crippen LogP contribution in [0.2, 0.25) is 0 Å². The summed E-state index contributed by atoms with van der Waals surface area (Å²) in [7, 11) is 3.15. The van der Waals surface area contributed by atoms with Crippen molar-refractivity contribution in [2.45, 2.75) is 6.92 Å². The Morgan fingerprint density at radius 2 is 1.03 bits per heavy atom. The fourth-order valence-electron chi connectivity index (χ4n) is 3.57. The van der Waals surface area contributed by atoms with Crippen LogP contribution in [0.25, 0.3) is 22.2 Å². The number of ether oxygens (including phenoxy) is 1. The summed E-state index contributed by atoms with van der Waals surface area (Å²) in [6.45, 7) is 1.62. The zero-order chi connectivity index (χ0) is 57.0. The number of hydrogen-bond donors (Lipinski definition) is 1. The number of para-hydroxylation sites is 1. The van der Waals surface area contributed by atoms with Gasteiger partial charge in [-0.2, -0.15) is 4.39 Å². The van der Waals surface area contributed by atoms with Gasteiger partial charge < -0.3 is 14.6 Å². The van der Waals surface area contributed by atoms with E-state index in [0.717, 1.165) is 23.1 Å². The van der Waals surface area contributed by atoms with Crippen molar-refractivity contribution in [2.24, 2.45) is 7.05 Å². The summed E-state index contributed by atoms with van der Waals surface area (Å²) in [5.74, 6) is -1.17. The Bertz CT molecular complexity index is 1450. The molecule has 0 aliphatic heterocycles. The Morgan fingerprint density at radius 1 is 0.652 bits per heavy atom. The minimum atomic E-state index is -0.912. The molecule has 2 aromatic carbocycles. The number of fused-ring (bicyclic) bond motifs is 1. The van der Waals surface area contributed by atoms with E-state index in [4.69, 9.17) is 4.74 Å². The Hall–Kier alpha value is 51.3. The molecule has 0 bridgehead atoms. The summed E-state index contributed by atoms with van der Waals surface area (Å²) in [5.41, 5.74) is 2.62. The monoisotopic (exact) mass is 1760 g/mol. The van der Waals surface area contributed by atoms with Crippen molar-refractivity contribution in [3.8, 4) is 11.3 Å². The Balaban J connectivity index is -0.0000000561. The molecule has 0 aliphatic carbocycles. The first-order valence-corrected chi connectivity index (χ1v) is 299. The number of hydrogen-bond acceptors (Lipinski definition) is 7. The van der Waals surface area contributed by atoms with Crippen LogP contribution >= 0.6 is 0 Å². The van der Waals surface area contributed by atoms with Crippen molar-refractivity contribution < 1.29 is 18.8 Å². The van der Waals surface area contributed by atoms with Crippen molar-refractivity contribution in [3.63, 3.8) is 0 Å². The number of nitro benzene ring substituents is 1. The molecule has 0 saturated heterocycles. The number of halogens is 1. The van der Waals surface area contributed by atoms with Crippen molar-refractivity contribution in [2.75, 3.05) is 12.4 Å². The second-order valence-electron chi connectivity index (χ2n) is 7.11. The van der Waals surface area contributed by atoms with E-state index in [-0.39, 0.29) is 5.95 Å². The predicted molar refractivity (Wildman–Crippen MR) is 312 cm³/mol. The molecular formula is C22H18FK34N5O4. The summed E-state index contributed by atoms with van der Waals surface area (Å²) >= 11 is 42.5. The zero-order valence-electron chi connectivity index (χ0n) is 51.4. The molecule has 4 rings (SSSR count). The molecule has 0 radical (unpaired) electrons. The third kappa shape index (κ3) is 102. The SMILES string of the molecule is COC(=O)c1cccc2c(-c3ccnc(Nc4cc([N+](=O)[O-])c(F)cc4C)n3)cn(C)c12.[K][K].[K][K].[K][K].[K][K].[K][K].[K][K].[K][K].[K][K].[K][K].[K][K].[K][K].[K][K].[K][K].[K][K].[K][K].[K][K].[K][K]. The Kier molecular flexibility index (Phi) is 333. The van der Waals surface area contributed by atoms with E-state index in [1.807, 2.05) is 23.9 Å². The molecule has 196 valence electrons. The number of carbonyl (C=O) groups excluding carboxylic acids is 1. The standard InChI is InChI=1S/C22H18FN5O4.34K/c1-12-9-16(23)19(28(30)31)10-18(12)26-22-24-8-7-17(25-22)15-11-27(2)20-13(15)5-4-6-14(20)21(29)32-3;;;;;;;;;;;;;;;;;;;;;;;;;;;;;;;;;;/h4-11H,1-3H3,(H,24,25,26);;;;;;;;;;;;;;;;;;;;;;;;;;;;;;;;;;. The maximum absolute atomic E-state index is 13.8. The van der Waals surface area contributed by atoms with Gasteiger partial charge in [-0.05, 0) is 30.7 Å². The van der Waals surface area contributed by atoms with Gasteiger partial charge in [0.15, 0.2) is 0 Å². The van der Waals surface area contributed by atoms with E-state index in [9.17, 15) is 19.3 Å². The number of benzene rings is 2. The minimum absolute atomic E-state index is 0.188. The van der Waals surface area contributed by atoms with Crippen LogP contribution in [0.3, 0.4) is 0 Å². The molecular weight excluding hydrogens is 1750 g/mol. The van der Waals surface area contributed by atoms with Crippen LogP contribution in [0.4, 0.5) is 21.7 Å². The van der Waals surface area contributed by atoms with Gasteiger partial charge in [0.1, 0.15) is 0 Å². The topological polar surface area (TPSA) is 112 Å². The molecule has 2 heterocycles. The molecule has 44 heteroatoms. The summed E-state index contributed by atoms with van der Waals surface area (Å²) in [5, 5.41) is 14.8. The molecule has 66 heavy (non-hydrogen) atoms. The van der Waals surface area contributed by atoms with Crippen molar-refractivity contribution in [1.29, 1.82) is 0 Å². The van der Waals surface area contributed by atoms with E-state index in [0.29, 0.717) is 28.0 Å². The average molecular weight is 1760 g/mol. The Morgan fingerprint density at radius 3 is 1.38 bits per heavy atom. The van der Waals surface area contributed by atoms with E-state index >= 15 is 0 Å². The first kappa shape index (κ1) is 149. The second-order valence-corrected chi connectivity index (χ2v) is 7.11. The van der Waals surface area contributed by atoms with Gasteiger partial charge in [-0.3, -0.25) is 10.1 Å². The number of methoxy groups -OCH3 is 1. The molecule has 9 nitrogen and oxygen atoms in total. The van der Waals surface area contributed by atoms with Crippen LogP contribution in [-0.2, 0) is 11.8 Å². The summed E-state index contributed by atoms with van der Waals surface area (Å²) in [6, 6.07) is 9.24. The van der Waals surface area contributed by atoms with Gasteiger partial charge in [0.05, 0.1) is 34.5 Å². The number of nitrogens with zero attached hydrogens (tertiary/aromatic N) is 4. The van der Waals surface area contributed by atoms with Gasteiger partial charge in [-0.1, -0.05) is 12.1 Å². The van der Waals surface area contributed by atoms with Gasteiger partial charge in [0, 0.05) is 36.5 Å². The summed E-state index contributed by atoms with van der Waals surface area (Å²) < 4.78 is 20.5. The third-order valence-electron chi connectivity index (χ3n) is 5.08. The van der Waals surface area contributed by atoms with Crippen LogP contribution < -0.4 is 5.32 Å².